The van der Waals surface area contributed by atoms with E-state index in [0.717, 1.165) is 44.0 Å². The first kappa shape index (κ1) is 18.7. The summed E-state index contributed by atoms with van der Waals surface area (Å²) in [5, 5.41) is 5.14. The molecular formula is C20H27N3O2S. The number of carbonyl (C=O) groups excluding carboxylic acids is 1. The molecule has 0 bridgehead atoms. The quantitative estimate of drug-likeness (QED) is 0.810. The summed E-state index contributed by atoms with van der Waals surface area (Å²) in [5.41, 5.74) is 1.13. The largest absolute Gasteiger partial charge is 0.495 e. The van der Waals surface area contributed by atoms with Crippen molar-refractivity contribution in [1.29, 1.82) is 0 Å². The van der Waals surface area contributed by atoms with Gasteiger partial charge in [-0.3, -0.25) is 9.69 Å². The van der Waals surface area contributed by atoms with Gasteiger partial charge in [-0.25, -0.2) is 0 Å². The summed E-state index contributed by atoms with van der Waals surface area (Å²) >= 11 is 1.73. The Hall–Kier alpha value is -2.05. The molecule has 5 nitrogen and oxygen atoms in total. The number of anilines is 1. The summed E-state index contributed by atoms with van der Waals surface area (Å²) in [6, 6.07) is 12.2. The van der Waals surface area contributed by atoms with Gasteiger partial charge in [-0.15, -0.1) is 11.3 Å². The lowest BCUT2D eigenvalue weighted by Gasteiger charge is -2.38. The second-order valence-corrected chi connectivity index (χ2v) is 7.52. The number of rotatable bonds is 7. The van der Waals surface area contributed by atoms with Gasteiger partial charge in [-0.1, -0.05) is 18.2 Å². The van der Waals surface area contributed by atoms with Gasteiger partial charge in [0.2, 0.25) is 5.91 Å². The molecular weight excluding hydrogens is 346 g/mol. The second kappa shape index (κ2) is 9.05. The Morgan fingerprint density at radius 3 is 2.65 bits per heavy atom. The molecule has 1 atom stereocenters. The number of methoxy groups -OCH3 is 1. The monoisotopic (exact) mass is 373 g/mol. The van der Waals surface area contributed by atoms with Crippen molar-refractivity contribution in [3.8, 4) is 5.75 Å². The molecule has 1 amide bonds. The van der Waals surface area contributed by atoms with Crippen LogP contribution in [0.1, 0.15) is 11.8 Å². The number of thiophene rings is 1. The molecule has 1 aliphatic rings. The van der Waals surface area contributed by atoms with Crippen LogP contribution in [0.3, 0.4) is 0 Å². The van der Waals surface area contributed by atoms with Crippen LogP contribution in [0, 0.1) is 0 Å². The first-order chi connectivity index (χ1) is 12.7. The van der Waals surface area contributed by atoms with Crippen LogP contribution in [0.25, 0.3) is 0 Å². The van der Waals surface area contributed by atoms with Crippen molar-refractivity contribution in [1.82, 2.24) is 10.2 Å². The minimum atomic E-state index is -0.0989. The van der Waals surface area contributed by atoms with Crippen molar-refractivity contribution < 1.29 is 9.53 Å². The molecule has 2 heterocycles. The van der Waals surface area contributed by atoms with Crippen molar-refractivity contribution in [2.45, 2.75) is 19.4 Å². The first-order valence-corrected chi connectivity index (χ1v) is 9.99. The van der Waals surface area contributed by atoms with E-state index in [0.29, 0.717) is 6.54 Å². The third-order valence-corrected chi connectivity index (χ3v) is 5.85. The number of piperazine rings is 1. The van der Waals surface area contributed by atoms with E-state index in [1.807, 2.05) is 31.2 Å². The lowest BCUT2D eigenvalue weighted by Crippen LogP contribution is -2.54. The number of ether oxygens (including phenoxy) is 1. The molecule has 6 heteroatoms. The van der Waals surface area contributed by atoms with E-state index in [-0.39, 0.29) is 11.9 Å². The van der Waals surface area contributed by atoms with Crippen LogP contribution in [0.2, 0.25) is 0 Å². The number of benzene rings is 1. The van der Waals surface area contributed by atoms with E-state index in [1.165, 1.54) is 4.88 Å². The number of hydrogen-bond acceptors (Lipinski definition) is 5. The lowest BCUT2D eigenvalue weighted by atomic mass is 10.2. The molecule has 0 spiro atoms. The van der Waals surface area contributed by atoms with E-state index < -0.39 is 0 Å². The number of amides is 1. The molecule has 2 aromatic rings. The van der Waals surface area contributed by atoms with Gasteiger partial charge in [0.15, 0.2) is 0 Å². The third kappa shape index (κ3) is 4.56. The Balaban J connectivity index is 1.46. The number of carbonyl (C=O) groups is 1. The Morgan fingerprint density at radius 1 is 1.19 bits per heavy atom. The number of hydrogen-bond donors (Lipinski definition) is 1. The van der Waals surface area contributed by atoms with Crippen LogP contribution < -0.4 is 15.0 Å². The summed E-state index contributed by atoms with van der Waals surface area (Å²) in [6.45, 7) is 6.24. The minimum Gasteiger partial charge on any atom is -0.495 e. The molecule has 0 radical (unpaired) electrons. The summed E-state index contributed by atoms with van der Waals surface area (Å²) in [4.78, 5) is 18.3. The van der Waals surface area contributed by atoms with Gasteiger partial charge in [-0.05, 0) is 36.9 Å². The van der Waals surface area contributed by atoms with Gasteiger partial charge < -0.3 is 15.0 Å². The highest BCUT2D eigenvalue weighted by Gasteiger charge is 2.26. The fourth-order valence-corrected chi connectivity index (χ4v) is 4.03. The molecule has 1 saturated heterocycles. The van der Waals surface area contributed by atoms with Crippen molar-refractivity contribution in [2.24, 2.45) is 0 Å². The molecule has 3 rings (SSSR count). The van der Waals surface area contributed by atoms with Gasteiger partial charge >= 0.3 is 0 Å². The van der Waals surface area contributed by atoms with E-state index in [9.17, 15) is 4.79 Å². The zero-order chi connectivity index (χ0) is 18.4. The summed E-state index contributed by atoms with van der Waals surface area (Å²) in [5.74, 6) is 1.02. The first-order valence-electron chi connectivity index (χ1n) is 9.11. The van der Waals surface area contributed by atoms with Crippen LogP contribution in [-0.4, -0.2) is 56.7 Å². The highest BCUT2D eigenvalue weighted by molar-refractivity contribution is 7.09. The zero-order valence-electron chi connectivity index (χ0n) is 15.5. The molecule has 1 aromatic carbocycles. The molecule has 1 N–H and O–H groups in total. The summed E-state index contributed by atoms with van der Waals surface area (Å²) in [6.07, 6.45) is 0.901. The average molecular weight is 374 g/mol. The molecule has 0 aliphatic carbocycles. The Labute approximate surface area is 159 Å². The highest BCUT2D eigenvalue weighted by atomic mass is 32.1. The minimum absolute atomic E-state index is 0.0989. The Bertz CT molecular complexity index is 697. The molecule has 1 aromatic heterocycles. The van der Waals surface area contributed by atoms with Crippen LogP contribution in [-0.2, 0) is 11.2 Å². The molecule has 0 saturated carbocycles. The van der Waals surface area contributed by atoms with Crippen molar-refractivity contribution in [3.05, 3.63) is 46.7 Å². The molecule has 26 heavy (non-hydrogen) atoms. The van der Waals surface area contributed by atoms with Crippen molar-refractivity contribution in [2.75, 3.05) is 44.7 Å². The van der Waals surface area contributed by atoms with Crippen LogP contribution in [0.15, 0.2) is 41.8 Å². The SMILES string of the molecule is COc1ccccc1N1CCN(C(C)C(=O)NCCc2cccs2)CC1. The number of para-hydroxylation sites is 2. The van der Waals surface area contributed by atoms with Crippen LogP contribution >= 0.6 is 11.3 Å². The third-order valence-electron chi connectivity index (χ3n) is 4.92. The lowest BCUT2D eigenvalue weighted by molar-refractivity contribution is -0.125. The van der Waals surface area contributed by atoms with E-state index in [4.69, 9.17) is 4.74 Å². The molecule has 1 unspecified atom stereocenters. The maximum Gasteiger partial charge on any atom is 0.237 e. The van der Waals surface area contributed by atoms with Crippen molar-refractivity contribution >= 4 is 22.9 Å². The predicted octanol–water partition coefficient (Wildman–Crippen LogP) is 2.63. The predicted molar refractivity (Wildman–Crippen MR) is 107 cm³/mol. The van der Waals surface area contributed by atoms with Crippen LogP contribution in [0.5, 0.6) is 5.75 Å². The zero-order valence-corrected chi connectivity index (χ0v) is 16.3. The van der Waals surface area contributed by atoms with Crippen molar-refractivity contribution in [3.63, 3.8) is 0 Å². The highest BCUT2D eigenvalue weighted by Crippen LogP contribution is 2.28. The Kier molecular flexibility index (Phi) is 6.52. The average Bonchev–Trinajstić information content (AvgIpc) is 3.21. The maximum absolute atomic E-state index is 12.4. The standard InChI is InChI=1S/C20H27N3O2S/c1-16(20(24)21-10-9-17-6-5-15-26-17)22-11-13-23(14-12-22)18-7-3-4-8-19(18)25-2/h3-8,15-16H,9-14H2,1-2H3,(H,21,24). The normalized spacial score (nSPS) is 16.3. The van der Waals surface area contributed by atoms with Gasteiger partial charge in [-0.2, -0.15) is 0 Å². The van der Waals surface area contributed by atoms with Gasteiger partial charge in [0.1, 0.15) is 5.75 Å². The Morgan fingerprint density at radius 2 is 1.96 bits per heavy atom. The summed E-state index contributed by atoms with van der Waals surface area (Å²) < 4.78 is 5.47. The number of nitrogens with zero attached hydrogens (tertiary/aromatic N) is 2. The van der Waals surface area contributed by atoms with E-state index in [1.54, 1.807) is 18.4 Å². The maximum atomic E-state index is 12.4. The summed E-state index contributed by atoms with van der Waals surface area (Å²) in [7, 11) is 1.71. The second-order valence-electron chi connectivity index (χ2n) is 6.49. The number of nitrogens with one attached hydrogen (secondary N) is 1. The van der Waals surface area contributed by atoms with E-state index >= 15 is 0 Å². The molecule has 1 fully saturated rings. The van der Waals surface area contributed by atoms with Gasteiger partial charge in [0, 0.05) is 37.6 Å². The fraction of sp³-hybridized carbons (Fsp3) is 0.450. The van der Waals surface area contributed by atoms with Crippen LogP contribution in [0.4, 0.5) is 5.69 Å². The topological polar surface area (TPSA) is 44.8 Å². The van der Waals surface area contributed by atoms with Gasteiger partial charge in [0.05, 0.1) is 18.8 Å². The molecule has 1 aliphatic heterocycles. The smallest absolute Gasteiger partial charge is 0.237 e. The molecule has 140 valence electrons. The van der Waals surface area contributed by atoms with Gasteiger partial charge in [0.25, 0.3) is 0 Å². The van der Waals surface area contributed by atoms with E-state index in [2.05, 4.69) is 32.6 Å². The fourth-order valence-electron chi connectivity index (χ4n) is 3.32.